The molecule has 10 rings (SSSR count). The zero-order chi connectivity index (χ0) is 48.9. The molecule has 1 aliphatic carbocycles. The molecule has 1 aromatic heterocycles. The van der Waals surface area contributed by atoms with Gasteiger partial charge in [-0.15, -0.1) is 0 Å². The number of benzene rings is 4. The predicted octanol–water partition coefficient (Wildman–Crippen LogP) is 9.62. The van der Waals surface area contributed by atoms with Crippen LogP contribution < -0.4 is 20.1 Å². The quantitative estimate of drug-likeness (QED) is 0.0803. The maximum Gasteiger partial charge on any atom is 0.408 e. The largest absolute Gasteiger partial charge is 0.489 e. The first-order valence-corrected chi connectivity index (χ1v) is 25.5. The predicted molar refractivity (Wildman–Crippen MR) is 257 cm³/mol. The Bertz CT molecular complexity index is 2780. The number of alkyl halides is 2. The number of pyridine rings is 1. The number of amides is 2. The minimum Gasteiger partial charge on any atom is -0.489 e. The summed E-state index contributed by atoms with van der Waals surface area (Å²) in [7, 11) is -4.29. The van der Waals surface area contributed by atoms with E-state index in [1.165, 1.54) is 54.9 Å². The molecule has 0 spiro atoms. The third kappa shape index (κ3) is 11.7. The molecule has 5 heterocycles. The summed E-state index contributed by atoms with van der Waals surface area (Å²) in [4.78, 5) is 47.4. The lowest BCUT2D eigenvalue weighted by Crippen LogP contribution is -2.52. The van der Waals surface area contributed by atoms with Crippen LogP contribution in [0.3, 0.4) is 0 Å². The zero-order valence-corrected chi connectivity index (χ0v) is 40.2. The number of fused-ring (bicyclic) bond motifs is 3. The maximum atomic E-state index is 14.2. The molecule has 19 heteroatoms. The van der Waals surface area contributed by atoms with Gasteiger partial charge in [-0.1, -0.05) is 71.7 Å². The van der Waals surface area contributed by atoms with E-state index in [9.17, 15) is 31.6 Å². The molecule has 2 amide bonds. The molecular formula is C51H51Cl2F2N5O9S. The van der Waals surface area contributed by atoms with Crippen molar-refractivity contribution >= 4 is 56.9 Å². The highest BCUT2D eigenvalue weighted by molar-refractivity contribution is 7.89. The summed E-state index contributed by atoms with van der Waals surface area (Å²) in [5.41, 5.74) is 2.80. The second-order valence-corrected chi connectivity index (χ2v) is 20.7. The minimum absolute atomic E-state index is 0.0263. The summed E-state index contributed by atoms with van der Waals surface area (Å²) >= 11 is 13.0. The molecule has 5 aliphatic rings. The normalized spacial score (nSPS) is 20.9. The molecule has 0 radical (unpaired) electrons. The second-order valence-electron chi connectivity index (χ2n) is 18.0. The van der Waals surface area contributed by atoms with Gasteiger partial charge in [0, 0.05) is 43.2 Å². The lowest BCUT2D eigenvalue weighted by atomic mass is 9.86. The van der Waals surface area contributed by atoms with Crippen molar-refractivity contribution in [2.24, 2.45) is 11.8 Å². The summed E-state index contributed by atoms with van der Waals surface area (Å²) in [5.74, 6) is -0.871. The molecule has 1 saturated carbocycles. The highest BCUT2D eigenvalue weighted by atomic mass is 35.5. The zero-order valence-electron chi connectivity index (χ0n) is 37.9. The summed E-state index contributed by atoms with van der Waals surface area (Å²) in [6.07, 6.45) is 5.24. The number of sulfonamides is 1. The summed E-state index contributed by atoms with van der Waals surface area (Å²) < 4.78 is 79.0. The van der Waals surface area contributed by atoms with Crippen molar-refractivity contribution in [3.05, 3.63) is 147 Å². The van der Waals surface area contributed by atoms with E-state index in [0.717, 1.165) is 48.6 Å². The van der Waals surface area contributed by atoms with Crippen molar-refractivity contribution in [1.82, 2.24) is 19.5 Å². The van der Waals surface area contributed by atoms with Crippen LogP contribution in [-0.2, 0) is 30.7 Å². The SMILES string of the molecule is O=C(N[C@@H](c1ccccc1)c1cccc(C(=O)Nc2ccc(S(=O)(=O)N3CCC[C@H]3C(=O)O[C@@H](Cc3c(Cl)cncc3Cl)c3ccc(OC(F)F)c(OCC4CC4)c3)cc2)c1)O[C@H]1CN2CCC1CC2. The Morgan fingerprint density at radius 2 is 1.53 bits per heavy atom. The van der Waals surface area contributed by atoms with Gasteiger partial charge in [0.1, 0.15) is 18.2 Å². The van der Waals surface area contributed by atoms with Crippen LogP contribution in [0, 0.1) is 11.8 Å². The molecule has 4 aromatic carbocycles. The molecule has 4 atom stereocenters. The number of nitrogens with one attached hydrogen (secondary N) is 2. The lowest BCUT2D eigenvalue weighted by Gasteiger charge is -2.43. The van der Waals surface area contributed by atoms with Gasteiger partial charge in [-0.2, -0.15) is 13.1 Å². The van der Waals surface area contributed by atoms with Gasteiger partial charge >= 0.3 is 18.7 Å². The molecule has 4 aliphatic heterocycles. The van der Waals surface area contributed by atoms with Gasteiger partial charge in [0.05, 0.1) is 27.6 Å². The van der Waals surface area contributed by atoms with Crippen molar-refractivity contribution in [3.8, 4) is 11.5 Å². The molecular weight excluding hydrogens is 968 g/mol. The van der Waals surface area contributed by atoms with Crippen molar-refractivity contribution in [2.75, 3.05) is 38.1 Å². The number of carbonyl (C=O) groups excluding carboxylic acids is 3. The molecule has 4 saturated heterocycles. The van der Waals surface area contributed by atoms with Gasteiger partial charge in [0.25, 0.3) is 5.91 Å². The second kappa shape index (κ2) is 21.6. The summed E-state index contributed by atoms with van der Waals surface area (Å²) in [6, 6.07) is 24.3. The number of ether oxygens (including phenoxy) is 4. The van der Waals surface area contributed by atoms with Crippen molar-refractivity contribution in [3.63, 3.8) is 0 Å². The van der Waals surface area contributed by atoms with Gasteiger partial charge in [-0.25, -0.2) is 13.2 Å². The fourth-order valence-corrected chi connectivity index (χ4v) is 11.5. The van der Waals surface area contributed by atoms with Crippen LogP contribution in [0.2, 0.25) is 10.0 Å². The smallest absolute Gasteiger partial charge is 0.408 e. The number of alkyl carbamates (subject to hydrolysis) is 1. The van der Waals surface area contributed by atoms with Crippen LogP contribution in [-0.4, -0.2) is 92.1 Å². The van der Waals surface area contributed by atoms with Crippen LogP contribution in [0.25, 0.3) is 0 Å². The van der Waals surface area contributed by atoms with Gasteiger partial charge < -0.3 is 29.6 Å². The Kier molecular flexibility index (Phi) is 15.2. The first kappa shape index (κ1) is 49.1. The van der Waals surface area contributed by atoms with E-state index < -0.39 is 52.8 Å². The number of nitrogens with zero attached hydrogens (tertiary/aromatic N) is 3. The van der Waals surface area contributed by atoms with E-state index >= 15 is 0 Å². The van der Waals surface area contributed by atoms with Crippen LogP contribution in [0.15, 0.2) is 114 Å². The Labute approximate surface area is 414 Å². The minimum atomic E-state index is -4.29. The fraction of sp³-hybridized carbons (Fsp3) is 0.373. The topological polar surface area (TPSA) is 166 Å². The monoisotopic (exact) mass is 1020 g/mol. The number of rotatable bonds is 18. The number of anilines is 1. The third-order valence-electron chi connectivity index (χ3n) is 13.3. The highest BCUT2D eigenvalue weighted by Crippen LogP contribution is 2.39. The molecule has 5 fully saturated rings. The van der Waals surface area contributed by atoms with Crippen molar-refractivity contribution in [2.45, 2.75) is 80.7 Å². The number of esters is 1. The number of halogens is 4. The first-order valence-electron chi connectivity index (χ1n) is 23.3. The van der Waals surface area contributed by atoms with E-state index in [2.05, 4.69) is 20.5 Å². The van der Waals surface area contributed by atoms with E-state index in [0.29, 0.717) is 46.8 Å². The molecule has 5 aromatic rings. The third-order valence-corrected chi connectivity index (χ3v) is 15.8. The number of piperidine rings is 3. The Morgan fingerprint density at radius 3 is 2.21 bits per heavy atom. The van der Waals surface area contributed by atoms with E-state index in [1.807, 2.05) is 36.4 Å². The van der Waals surface area contributed by atoms with Gasteiger partial charge in [-0.3, -0.25) is 19.5 Å². The van der Waals surface area contributed by atoms with Crippen molar-refractivity contribution < 1.29 is 50.5 Å². The van der Waals surface area contributed by atoms with Crippen molar-refractivity contribution in [1.29, 1.82) is 0 Å². The molecule has 2 N–H and O–H groups in total. The van der Waals surface area contributed by atoms with Crippen LogP contribution in [0.5, 0.6) is 11.5 Å². The van der Waals surface area contributed by atoms with Crippen LogP contribution in [0.4, 0.5) is 19.3 Å². The van der Waals surface area contributed by atoms with E-state index in [4.69, 9.17) is 42.1 Å². The Morgan fingerprint density at radius 1 is 0.800 bits per heavy atom. The Hall–Kier alpha value is -5.85. The van der Waals surface area contributed by atoms with E-state index in [-0.39, 0.29) is 64.5 Å². The standard InChI is InChI=1S/C51H51Cl2F2N5O9S/c52-40-27-56-28-41(53)39(40)26-44(34-13-18-43(68-50(54)55)45(25-34)66-30-31-11-12-31)67-49(62)42-10-5-21-60(42)70(64,65)38-16-14-37(15-17-38)57-48(61)36-9-4-8-35(24-36)47(33-6-2-1-3-7-33)58-51(63)69-46-29-59-22-19-32(46)20-23-59/h1-4,6-9,13-18,24-25,27-28,31-32,42,44,46-47,50H,5,10-12,19-23,26,29-30H2,(H,57,61)(H,58,63)/t42-,44-,46-,47-/m0/s1. The Balaban J connectivity index is 0.886. The molecule has 0 unspecified atom stereocenters. The highest BCUT2D eigenvalue weighted by Gasteiger charge is 2.42. The van der Waals surface area contributed by atoms with Crippen LogP contribution in [0.1, 0.15) is 83.3 Å². The fourth-order valence-electron chi connectivity index (χ4n) is 9.30. The molecule has 2 bridgehead atoms. The molecule has 70 heavy (non-hydrogen) atoms. The lowest BCUT2D eigenvalue weighted by molar-refractivity contribution is -0.153. The molecule has 14 nitrogen and oxygen atoms in total. The number of aromatic nitrogens is 1. The number of hydrogen-bond donors (Lipinski definition) is 2. The van der Waals surface area contributed by atoms with Gasteiger partial charge in [0.15, 0.2) is 11.5 Å². The average Bonchev–Trinajstić information content (AvgIpc) is 4.05. The summed E-state index contributed by atoms with van der Waals surface area (Å²) in [6.45, 7) is -0.0667. The van der Waals surface area contributed by atoms with Gasteiger partial charge in [0.2, 0.25) is 10.0 Å². The summed E-state index contributed by atoms with van der Waals surface area (Å²) in [5, 5.41) is 6.25. The van der Waals surface area contributed by atoms with Crippen LogP contribution >= 0.6 is 23.2 Å². The number of hydrogen-bond acceptors (Lipinski definition) is 11. The first-order chi connectivity index (χ1) is 33.8. The molecule has 368 valence electrons. The van der Waals surface area contributed by atoms with Gasteiger partial charge in [-0.05, 0) is 134 Å². The number of carbonyl (C=O) groups is 3. The average molecular weight is 1020 g/mol. The maximum absolute atomic E-state index is 14.2. The van der Waals surface area contributed by atoms with E-state index in [1.54, 1.807) is 18.2 Å².